The molecular formula is C20H22F2N10O10P2. The van der Waals surface area contributed by atoms with Gasteiger partial charge in [0.05, 0.1) is 25.9 Å². The molecule has 44 heavy (non-hydrogen) atoms. The molecule has 0 aromatic carbocycles. The third-order valence-electron chi connectivity index (χ3n) is 7.17. The fourth-order valence-electron chi connectivity index (χ4n) is 5.16. The van der Waals surface area contributed by atoms with Crippen LogP contribution in [0.5, 0.6) is 0 Å². The summed E-state index contributed by atoms with van der Waals surface area (Å²) in [6, 6.07) is 0. The number of ether oxygens (including phenoxy) is 2. The number of imidazole rings is 2. The van der Waals surface area contributed by atoms with E-state index >= 15 is 8.78 Å². The van der Waals surface area contributed by atoms with Crippen molar-refractivity contribution in [2.24, 2.45) is 0 Å². The fourth-order valence-corrected chi connectivity index (χ4v) is 7.04. The van der Waals surface area contributed by atoms with E-state index in [9.17, 15) is 18.9 Å². The van der Waals surface area contributed by atoms with E-state index in [1.165, 1.54) is 4.57 Å². The van der Waals surface area contributed by atoms with E-state index < -0.39 is 78.1 Å². The average Bonchev–Trinajstić information content (AvgIpc) is 3.73. The summed E-state index contributed by atoms with van der Waals surface area (Å²) in [6.07, 6.45) is -10.0. The van der Waals surface area contributed by atoms with E-state index in [1.54, 1.807) is 0 Å². The van der Waals surface area contributed by atoms with Crippen LogP contribution in [0.4, 0.5) is 20.4 Å². The van der Waals surface area contributed by atoms with Crippen LogP contribution >= 0.6 is 15.6 Å². The predicted molar refractivity (Wildman–Crippen MR) is 138 cm³/mol. The standard InChI is InChI=1S/C20H22F2N10O10P2/c21-9-7-1-37-43(33,34)41-13-8(40-19(10(13)22)31-5-29-11-15(23)25-3-27-17(11)31)2-38-44(35,36)42-14(9)20(39-7)32-6-30-12-16(24)26-4-28-18(12)32/h3-10,13-14,19-20H,1-2H2,(H,33,34)(H,35,36)(H2,23,25,27)(H2,24,26,28)/t7-,8-,9+,10-,13-,14-,19-,20-/m1/s1. The van der Waals surface area contributed by atoms with E-state index in [4.69, 9.17) is 39.0 Å². The van der Waals surface area contributed by atoms with Gasteiger partial charge in [0.15, 0.2) is 47.7 Å². The average molecular weight is 662 g/mol. The van der Waals surface area contributed by atoms with Crippen LogP contribution in [-0.4, -0.2) is 98.8 Å². The summed E-state index contributed by atoms with van der Waals surface area (Å²) in [5.74, 6) is -0.00962. The number of nitrogen functional groups attached to an aromatic ring is 2. The van der Waals surface area contributed by atoms with Gasteiger partial charge < -0.3 is 30.7 Å². The Hall–Kier alpha value is -3.30. The molecular weight excluding hydrogens is 640 g/mol. The molecule has 0 radical (unpaired) electrons. The van der Waals surface area contributed by atoms with E-state index in [0.717, 1.165) is 29.9 Å². The highest BCUT2D eigenvalue weighted by molar-refractivity contribution is 7.47. The molecule has 0 saturated carbocycles. The molecule has 10 atom stereocenters. The first-order valence-electron chi connectivity index (χ1n) is 12.7. The maximum atomic E-state index is 15.8. The lowest BCUT2D eigenvalue weighted by atomic mass is 10.1. The molecule has 6 N–H and O–H groups in total. The zero-order valence-electron chi connectivity index (χ0n) is 21.9. The van der Waals surface area contributed by atoms with Crippen molar-refractivity contribution in [3.63, 3.8) is 0 Å². The van der Waals surface area contributed by atoms with Crippen LogP contribution < -0.4 is 11.5 Å². The number of hydrogen-bond acceptors (Lipinski definition) is 16. The first kappa shape index (κ1) is 29.4. The van der Waals surface area contributed by atoms with Crippen molar-refractivity contribution in [1.29, 1.82) is 0 Å². The van der Waals surface area contributed by atoms with Gasteiger partial charge >= 0.3 is 15.6 Å². The summed E-state index contributed by atoms with van der Waals surface area (Å²) < 4.78 is 91.6. The van der Waals surface area contributed by atoms with Gasteiger partial charge in [0.25, 0.3) is 0 Å². The van der Waals surface area contributed by atoms with Crippen LogP contribution in [0.25, 0.3) is 22.3 Å². The Labute approximate surface area is 243 Å². The van der Waals surface area contributed by atoms with Gasteiger partial charge in [0.1, 0.15) is 48.1 Å². The first-order chi connectivity index (χ1) is 20.9. The van der Waals surface area contributed by atoms with E-state index in [1.807, 2.05) is 0 Å². The van der Waals surface area contributed by atoms with Crippen LogP contribution in [-0.2, 0) is 36.7 Å². The number of halogens is 2. The summed E-state index contributed by atoms with van der Waals surface area (Å²) in [4.78, 5) is 44.9. The minimum Gasteiger partial charge on any atom is -0.382 e. The van der Waals surface area contributed by atoms with E-state index in [2.05, 4.69) is 29.9 Å². The summed E-state index contributed by atoms with van der Waals surface area (Å²) in [5.41, 5.74) is 12.0. The largest absolute Gasteiger partial charge is 0.472 e. The SMILES string of the molecule is Nc1ncnc2c1ncn2[C@@H]1O[C@@H]2COP(=O)(O)O[C@@H]3[C@@H](F)[C@@H](COP(=O)(O)O[C@H]2[C@H]1F)O[C@H]3n1cnc2c(N)ncnc21. The number of phosphoric acid groups is 2. The molecule has 3 saturated heterocycles. The van der Waals surface area contributed by atoms with E-state index in [-0.39, 0.29) is 34.0 Å². The zero-order valence-corrected chi connectivity index (χ0v) is 23.7. The van der Waals surface area contributed by atoms with Crippen LogP contribution in [0.15, 0.2) is 25.3 Å². The van der Waals surface area contributed by atoms with Crippen LogP contribution in [0.3, 0.4) is 0 Å². The third kappa shape index (κ3) is 5.02. The molecule has 4 aromatic heterocycles. The van der Waals surface area contributed by atoms with Crippen LogP contribution in [0.1, 0.15) is 12.5 Å². The van der Waals surface area contributed by atoms with Crippen molar-refractivity contribution in [3.05, 3.63) is 25.3 Å². The second-order valence-electron chi connectivity index (χ2n) is 9.85. The molecule has 3 fully saturated rings. The zero-order chi connectivity index (χ0) is 31.0. The molecule has 20 nitrogen and oxygen atoms in total. The van der Waals surface area contributed by atoms with Gasteiger partial charge in [0, 0.05) is 0 Å². The highest BCUT2D eigenvalue weighted by Crippen LogP contribution is 2.54. The Morgan fingerprint density at radius 1 is 0.727 bits per heavy atom. The normalized spacial score (nSPS) is 38.3. The molecule has 7 heterocycles. The lowest BCUT2D eigenvalue weighted by Crippen LogP contribution is -2.34. The minimum absolute atomic E-state index is 0.00292. The number of nitrogens with two attached hydrogens (primary N) is 2. The molecule has 24 heteroatoms. The summed E-state index contributed by atoms with van der Waals surface area (Å²) >= 11 is 0. The molecule has 2 unspecified atom stereocenters. The highest BCUT2D eigenvalue weighted by atomic mass is 31.2. The maximum Gasteiger partial charge on any atom is 0.472 e. The Bertz CT molecular complexity index is 1830. The number of aromatic nitrogens is 8. The Morgan fingerprint density at radius 3 is 1.82 bits per heavy atom. The number of phosphoric ester groups is 2. The number of rotatable bonds is 2. The summed E-state index contributed by atoms with van der Waals surface area (Å²) in [6.45, 7) is -1.85. The summed E-state index contributed by atoms with van der Waals surface area (Å²) in [5, 5.41) is 0. The molecule has 3 aliphatic rings. The molecule has 4 aromatic rings. The lowest BCUT2D eigenvalue weighted by Gasteiger charge is -2.25. The molecule has 0 aliphatic carbocycles. The number of hydrogen-bond donors (Lipinski definition) is 4. The number of anilines is 2. The van der Waals surface area contributed by atoms with Crippen molar-refractivity contribution in [2.75, 3.05) is 24.7 Å². The Balaban J connectivity index is 1.20. The lowest BCUT2D eigenvalue weighted by molar-refractivity contribution is -0.0669. The van der Waals surface area contributed by atoms with Crippen molar-refractivity contribution >= 4 is 49.6 Å². The van der Waals surface area contributed by atoms with E-state index in [0.29, 0.717) is 0 Å². The quantitative estimate of drug-likeness (QED) is 0.210. The molecule has 3 aliphatic heterocycles. The second-order valence-corrected chi connectivity index (χ2v) is 12.7. The van der Waals surface area contributed by atoms with Crippen molar-refractivity contribution in [1.82, 2.24) is 39.0 Å². The van der Waals surface area contributed by atoms with Crippen molar-refractivity contribution < 1.29 is 55.3 Å². The predicted octanol–water partition coefficient (Wildman–Crippen LogP) is 0.320. The van der Waals surface area contributed by atoms with Crippen LogP contribution in [0, 0.1) is 0 Å². The maximum absolute atomic E-state index is 15.8. The number of fused-ring (bicyclic) bond motifs is 5. The highest BCUT2D eigenvalue weighted by Gasteiger charge is 2.55. The van der Waals surface area contributed by atoms with Gasteiger partial charge in [-0.05, 0) is 0 Å². The first-order valence-corrected chi connectivity index (χ1v) is 15.7. The Morgan fingerprint density at radius 2 is 1.23 bits per heavy atom. The van der Waals surface area contributed by atoms with Gasteiger partial charge in [0.2, 0.25) is 0 Å². The molecule has 236 valence electrons. The Kier molecular flexibility index (Phi) is 7.12. The summed E-state index contributed by atoms with van der Waals surface area (Å²) in [7, 11) is -10.3. The monoisotopic (exact) mass is 662 g/mol. The minimum atomic E-state index is -5.17. The van der Waals surface area contributed by atoms with Gasteiger partial charge in [-0.15, -0.1) is 0 Å². The van der Waals surface area contributed by atoms with Crippen LogP contribution in [0.2, 0.25) is 0 Å². The topological polar surface area (TPSA) is 269 Å². The molecule has 2 bridgehead atoms. The number of alkyl halides is 2. The van der Waals surface area contributed by atoms with Crippen molar-refractivity contribution in [3.8, 4) is 0 Å². The smallest absolute Gasteiger partial charge is 0.382 e. The second kappa shape index (κ2) is 10.7. The van der Waals surface area contributed by atoms with Crippen molar-refractivity contribution in [2.45, 2.75) is 49.2 Å². The van der Waals surface area contributed by atoms with Gasteiger partial charge in [-0.3, -0.25) is 27.2 Å². The molecule has 0 spiro atoms. The van der Waals surface area contributed by atoms with Gasteiger partial charge in [-0.1, -0.05) is 0 Å². The fraction of sp³-hybridized carbons (Fsp3) is 0.500. The number of nitrogens with zero attached hydrogens (tertiary/aromatic N) is 8. The van der Waals surface area contributed by atoms with Gasteiger partial charge in [-0.25, -0.2) is 47.8 Å². The molecule has 0 amide bonds. The third-order valence-corrected chi connectivity index (χ3v) is 9.14. The molecule has 7 rings (SSSR count). The van der Waals surface area contributed by atoms with Gasteiger partial charge in [-0.2, -0.15) is 0 Å².